The first-order valence-corrected chi connectivity index (χ1v) is 7.59. The van der Waals surface area contributed by atoms with E-state index in [1.54, 1.807) is 11.3 Å². The number of aromatic nitrogens is 2. The van der Waals surface area contributed by atoms with E-state index in [-0.39, 0.29) is 0 Å². The summed E-state index contributed by atoms with van der Waals surface area (Å²) >= 11 is 1.71. The van der Waals surface area contributed by atoms with Crippen LogP contribution in [0.1, 0.15) is 10.6 Å². The Bertz CT molecular complexity index is 920. The molecule has 0 N–H and O–H groups in total. The van der Waals surface area contributed by atoms with Gasteiger partial charge in [0.1, 0.15) is 5.01 Å². The maximum atomic E-state index is 4.61. The summed E-state index contributed by atoms with van der Waals surface area (Å²) in [5.41, 5.74) is 3.24. The first kappa shape index (κ1) is 12.2. The molecule has 0 saturated heterocycles. The lowest BCUT2D eigenvalue weighted by Gasteiger charge is -1.97. The summed E-state index contributed by atoms with van der Waals surface area (Å²) < 4.78 is 1.22. The van der Waals surface area contributed by atoms with Crippen LogP contribution in [-0.4, -0.2) is 9.97 Å². The predicted octanol–water partition coefficient (Wildman–Crippen LogP) is 5.01. The van der Waals surface area contributed by atoms with E-state index in [4.69, 9.17) is 0 Å². The number of benzene rings is 2. The second-order valence-electron chi connectivity index (χ2n) is 4.81. The van der Waals surface area contributed by atoms with Crippen molar-refractivity contribution in [1.29, 1.82) is 0 Å². The normalized spacial score (nSPS) is 11.6. The van der Waals surface area contributed by atoms with Gasteiger partial charge in [0, 0.05) is 11.6 Å². The van der Waals surface area contributed by atoms with Gasteiger partial charge in [-0.15, -0.1) is 11.3 Å². The SMILES string of the molecule is C(=C\c1nc2ccccc2s1)/c1ccc2ncccc2c1. The Morgan fingerprint density at radius 1 is 0.857 bits per heavy atom. The van der Waals surface area contributed by atoms with Crippen LogP contribution in [0.2, 0.25) is 0 Å². The zero-order valence-corrected chi connectivity index (χ0v) is 12.0. The van der Waals surface area contributed by atoms with Gasteiger partial charge in [0.2, 0.25) is 0 Å². The second kappa shape index (κ2) is 5.11. The molecule has 0 bridgehead atoms. The zero-order chi connectivity index (χ0) is 14.1. The summed E-state index contributed by atoms with van der Waals surface area (Å²) in [6.45, 7) is 0. The number of pyridine rings is 1. The molecule has 0 fully saturated rings. The number of thiazole rings is 1. The smallest absolute Gasteiger partial charge is 0.117 e. The molecular weight excluding hydrogens is 276 g/mol. The van der Waals surface area contributed by atoms with Crippen LogP contribution in [0, 0.1) is 0 Å². The molecule has 2 nitrogen and oxygen atoms in total. The van der Waals surface area contributed by atoms with Crippen LogP contribution >= 0.6 is 11.3 Å². The van der Waals surface area contributed by atoms with Gasteiger partial charge in [-0.1, -0.05) is 30.3 Å². The van der Waals surface area contributed by atoms with Crippen LogP contribution in [-0.2, 0) is 0 Å². The fraction of sp³-hybridized carbons (Fsp3) is 0. The molecule has 2 aromatic carbocycles. The molecule has 2 heterocycles. The molecule has 0 aliphatic rings. The van der Waals surface area contributed by atoms with E-state index in [0.717, 1.165) is 27.0 Å². The zero-order valence-electron chi connectivity index (χ0n) is 11.2. The summed E-state index contributed by atoms with van der Waals surface area (Å²) in [7, 11) is 0. The summed E-state index contributed by atoms with van der Waals surface area (Å²) in [4.78, 5) is 8.94. The molecule has 0 saturated carbocycles. The topological polar surface area (TPSA) is 25.8 Å². The third kappa shape index (κ3) is 2.43. The van der Waals surface area contributed by atoms with Crippen molar-refractivity contribution in [2.75, 3.05) is 0 Å². The van der Waals surface area contributed by atoms with Gasteiger partial charge in [-0.05, 0) is 42.0 Å². The number of rotatable bonds is 2. The van der Waals surface area contributed by atoms with Crippen LogP contribution in [0.4, 0.5) is 0 Å². The average Bonchev–Trinajstić information content (AvgIpc) is 2.95. The highest BCUT2D eigenvalue weighted by Crippen LogP contribution is 2.23. The van der Waals surface area contributed by atoms with Crippen LogP contribution in [0.15, 0.2) is 60.8 Å². The van der Waals surface area contributed by atoms with Gasteiger partial charge in [0.05, 0.1) is 15.7 Å². The molecule has 4 rings (SSSR count). The Balaban J connectivity index is 1.69. The Labute approximate surface area is 126 Å². The van der Waals surface area contributed by atoms with Gasteiger partial charge in [0.15, 0.2) is 0 Å². The average molecular weight is 288 g/mol. The van der Waals surface area contributed by atoms with Crippen LogP contribution in [0.3, 0.4) is 0 Å². The van der Waals surface area contributed by atoms with Crippen LogP contribution in [0.5, 0.6) is 0 Å². The van der Waals surface area contributed by atoms with Gasteiger partial charge < -0.3 is 0 Å². The van der Waals surface area contributed by atoms with Crippen molar-refractivity contribution < 1.29 is 0 Å². The summed E-state index contributed by atoms with van der Waals surface area (Å²) in [6, 6.07) is 18.5. The molecule has 4 aromatic rings. The summed E-state index contributed by atoms with van der Waals surface area (Å²) in [5, 5.41) is 2.19. The number of para-hydroxylation sites is 1. The molecule has 0 aliphatic carbocycles. The lowest BCUT2D eigenvalue weighted by Crippen LogP contribution is -1.78. The Morgan fingerprint density at radius 2 is 1.81 bits per heavy atom. The quantitative estimate of drug-likeness (QED) is 0.518. The van der Waals surface area contributed by atoms with E-state index >= 15 is 0 Å². The third-order valence-electron chi connectivity index (χ3n) is 3.36. The fourth-order valence-electron chi connectivity index (χ4n) is 2.33. The Morgan fingerprint density at radius 3 is 2.76 bits per heavy atom. The van der Waals surface area contributed by atoms with Crippen molar-refractivity contribution in [3.05, 3.63) is 71.4 Å². The Hall–Kier alpha value is -2.52. The molecular formula is C18H12N2S. The van der Waals surface area contributed by atoms with Crippen LogP contribution < -0.4 is 0 Å². The van der Waals surface area contributed by atoms with Gasteiger partial charge in [0.25, 0.3) is 0 Å². The number of nitrogens with zero attached hydrogens (tertiary/aromatic N) is 2. The molecule has 0 unspecified atom stereocenters. The van der Waals surface area contributed by atoms with Crippen molar-refractivity contribution >= 4 is 44.6 Å². The monoisotopic (exact) mass is 288 g/mol. The van der Waals surface area contributed by atoms with Crippen molar-refractivity contribution in [3.63, 3.8) is 0 Å². The first-order valence-electron chi connectivity index (χ1n) is 6.77. The lowest BCUT2D eigenvalue weighted by molar-refractivity contribution is 1.41. The van der Waals surface area contributed by atoms with E-state index in [9.17, 15) is 0 Å². The number of hydrogen-bond donors (Lipinski definition) is 0. The lowest BCUT2D eigenvalue weighted by atomic mass is 10.1. The molecule has 2 aromatic heterocycles. The molecule has 0 atom stereocenters. The van der Waals surface area contributed by atoms with Crippen molar-refractivity contribution in [1.82, 2.24) is 9.97 Å². The largest absolute Gasteiger partial charge is 0.256 e. The molecule has 0 radical (unpaired) electrons. The highest BCUT2D eigenvalue weighted by Gasteiger charge is 1.99. The van der Waals surface area contributed by atoms with Crippen molar-refractivity contribution in [2.45, 2.75) is 0 Å². The number of fused-ring (bicyclic) bond motifs is 2. The fourth-order valence-corrected chi connectivity index (χ4v) is 3.20. The van der Waals surface area contributed by atoms with E-state index in [0.29, 0.717) is 0 Å². The van der Waals surface area contributed by atoms with E-state index < -0.39 is 0 Å². The van der Waals surface area contributed by atoms with E-state index in [1.165, 1.54) is 4.70 Å². The highest BCUT2D eigenvalue weighted by atomic mass is 32.1. The standard InChI is InChI=1S/C18H12N2S/c1-2-6-17-16(5-1)20-18(21-17)10-8-13-7-9-15-14(12-13)4-3-11-19-15/h1-12H/b10-8+. The van der Waals surface area contributed by atoms with Gasteiger partial charge in [-0.25, -0.2) is 4.98 Å². The van der Waals surface area contributed by atoms with E-state index in [1.807, 2.05) is 36.5 Å². The van der Waals surface area contributed by atoms with Gasteiger partial charge in [-0.2, -0.15) is 0 Å². The minimum atomic E-state index is 1.02. The molecule has 100 valence electrons. The number of hydrogen-bond acceptors (Lipinski definition) is 3. The van der Waals surface area contributed by atoms with Crippen molar-refractivity contribution in [3.8, 4) is 0 Å². The van der Waals surface area contributed by atoms with Gasteiger partial charge in [-0.3, -0.25) is 4.98 Å². The summed E-state index contributed by atoms with van der Waals surface area (Å²) in [6.07, 6.45) is 5.99. The van der Waals surface area contributed by atoms with Crippen LogP contribution in [0.25, 0.3) is 33.3 Å². The Kier molecular flexibility index (Phi) is 2.98. The minimum Gasteiger partial charge on any atom is -0.256 e. The predicted molar refractivity (Wildman–Crippen MR) is 90.3 cm³/mol. The molecule has 0 aliphatic heterocycles. The second-order valence-corrected chi connectivity index (χ2v) is 5.87. The minimum absolute atomic E-state index is 1.02. The highest BCUT2D eigenvalue weighted by molar-refractivity contribution is 7.19. The van der Waals surface area contributed by atoms with Crippen molar-refractivity contribution in [2.24, 2.45) is 0 Å². The summed E-state index contributed by atoms with van der Waals surface area (Å²) in [5.74, 6) is 0. The molecule has 21 heavy (non-hydrogen) atoms. The molecule has 0 spiro atoms. The van der Waals surface area contributed by atoms with E-state index in [2.05, 4.69) is 46.4 Å². The maximum absolute atomic E-state index is 4.61. The molecule has 0 amide bonds. The maximum Gasteiger partial charge on any atom is 0.117 e. The third-order valence-corrected chi connectivity index (χ3v) is 4.36. The first-order chi connectivity index (χ1) is 10.4. The molecule has 3 heteroatoms. The van der Waals surface area contributed by atoms with Gasteiger partial charge >= 0.3 is 0 Å².